The predicted molar refractivity (Wildman–Crippen MR) is 88.0 cm³/mol. The van der Waals surface area contributed by atoms with E-state index < -0.39 is 0 Å². The number of carbonyl (C=O) groups is 1. The third-order valence-corrected chi connectivity index (χ3v) is 3.60. The molecule has 2 N–H and O–H groups in total. The van der Waals surface area contributed by atoms with Crippen LogP contribution in [0.25, 0.3) is 0 Å². The lowest BCUT2D eigenvalue weighted by Gasteiger charge is -2.16. The van der Waals surface area contributed by atoms with Crippen LogP contribution in [0.4, 0.5) is 5.69 Å². The zero-order chi connectivity index (χ0) is 15.2. The third kappa shape index (κ3) is 4.66. The Bertz CT molecular complexity index is 617. The zero-order valence-electron chi connectivity index (χ0n) is 11.6. The highest BCUT2D eigenvalue weighted by atomic mass is 35.5. The summed E-state index contributed by atoms with van der Waals surface area (Å²) in [6, 6.07) is 14.6. The van der Waals surface area contributed by atoms with E-state index in [1.54, 1.807) is 12.1 Å². The topological polar surface area (TPSA) is 41.1 Å². The number of hydrogen-bond donors (Lipinski definition) is 2. The molecule has 2 aromatic carbocycles. The summed E-state index contributed by atoms with van der Waals surface area (Å²) in [5.41, 5.74) is 1.75. The Morgan fingerprint density at radius 1 is 1.14 bits per heavy atom. The molecule has 3 nitrogen and oxygen atoms in total. The van der Waals surface area contributed by atoms with E-state index in [0.717, 1.165) is 11.3 Å². The molecule has 0 aliphatic heterocycles. The molecular weight excluding hydrogens is 307 g/mol. The maximum atomic E-state index is 11.9. The molecule has 0 spiro atoms. The number of rotatable bonds is 5. The van der Waals surface area contributed by atoms with Crippen LogP contribution in [0.3, 0.4) is 0 Å². The van der Waals surface area contributed by atoms with Crippen LogP contribution >= 0.6 is 23.2 Å². The van der Waals surface area contributed by atoms with Crippen molar-refractivity contribution in [1.29, 1.82) is 0 Å². The van der Waals surface area contributed by atoms with Gasteiger partial charge in [0.25, 0.3) is 0 Å². The Balaban J connectivity index is 1.90. The Hall–Kier alpha value is -1.71. The molecular formula is C16H16Cl2N2O. The van der Waals surface area contributed by atoms with Gasteiger partial charge in [0.1, 0.15) is 0 Å². The molecule has 0 heterocycles. The first kappa shape index (κ1) is 15.7. The van der Waals surface area contributed by atoms with Crippen LogP contribution in [-0.4, -0.2) is 12.5 Å². The lowest BCUT2D eigenvalue weighted by Crippen LogP contribution is -2.32. The molecule has 1 atom stereocenters. The average molecular weight is 323 g/mol. The summed E-state index contributed by atoms with van der Waals surface area (Å²) in [5.74, 6) is -0.0997. The zero-order valence-corrected chi connectivity index (χ0v) is 13.1. The quantitative estimate of drug-likeness (QED) is 0.862. The number of benzene rings is 2. The van der Waals surface area contributed by atoms with Crippen molar-refractivity contribution in [3.05, 3.63) is 64.1 Å². The molecule has 21 heavy (non-hydrogen) atoms. The summed E-state index contributed by atoms with van der Waals surface area (Å²) in [6.45, 7) is 2.09. The largest absolute Gasteiger partial charge is 0.376 e. The van der Waals surface area contributed by atoms with E-state index in [1.807, 2.05) is 43.3 Å². The van der Waals surface area contributed by atoms with Gasteiger partial charge < -0.3 is 10.6 Å². The van der Waals surface area contributed by atoms with Gasteiger partial charge in [-0.25, -0.2) is 0 Å². The molecule has 0 saturated heterocycles. The second kappa shape index (κ2) is 7.34. The van der Waals surface area contributed by atoms with Crippen molar-refractivity contribution < 1.29 is 4.79 Å². The smallest absolute Gasteiger partial charge is 0.239 e. The van der Waals surface area contributed by atoms with E-state index in [0.29, 0.717) is 10.0 Å². The second-order valence-electron chi connectivity index (χ2n) is 4.67. The maximum Gasteiger partial charge on any atom is 0.239 e. The van der Waals surface area contributed by atoms with Crippen molar-refractivity contribution in [3.8, 4) is 0 Å². The lowest BCUT2D eigenvalue weighted by molar-refractivity contribution is -0.120. The van der Waals surface area contributed by atoms with Gasteiger partial charge in [-0.1, -0.05) is 47.5 Å². The molecule has 5 heteroatoms. The van der Waals surface area contributed by atoms with Gasteiger partial charge in [0.05, 0.1) is 12.6 Å². The summed E-state index contributed by atoms with van der Waals surface area (Å²) in [4.78, 5) is 11.9. The third-order valence-electron chi connectivity index (χ3n) is 3.03. The molecule has 0 aliphatic rings. The molecule has 0 saturated carbocycles. The van der Waals surface area contributed by atoms with Crippen molar-refractivity contribution in [3.63, 3.8) is 0 Å². The number of carbonyl (C=O) groups excluding carboxylic acids is 1. The highest BCUT2D eigenvalue weighted by molar-refractivity contribution is 6.35. The Morgan fingerprint density at radius 2 is 1.86 bits per heavy atom. The summed E-state index contributed by atoms with van der Waals surface area (Å²) in [5, 5.41) is 7.08. The molecule has 2 aromatic rings. The SMILES string of the molecule is CC(NC(=O)CNc1ccccc1)c1ccc(Cl)cc1Cl. The molecule has 110 valence electrons. The first-order chi connectivity index (χ1) is 10.1. The summed E-state index contributed by atoms with van der Waals surface area (Å²) in [7, 11) is 0. The van der Waals surface area contributed by atoms with Gasteiger partial charge in [0.15, 0.2) is 0 Å². The average Bonchev–Trinajstić information content (AvgIpc) is 2.46. The van der Waals surface area contributed by atoms with E-state index in [4.69, 9.17) is 23.2 Å². The number of para-hydroxylation sites is 1. The fraction of sp³-hybridized carbons (Fsp3) is 0.188. The van der Waals surface area contributed by atoms with Gasteiger partial charge >= 0.3 is 0 Å². The molecule has 2 rings (SSSR count). The van der Waals surface area contributed by atoms with Gasteiger partial charge in [0.2, 0.25) is 5.91 Å². The summed E-state index contributed by atoms with van der Waals surface area (Å²) >= 11 is 12.0. The van der Waals surface area contributed by atoms with Crippen molar-refractivity contribution in [2.45, 2.75) is 13.0 Å². The predicted octanol–water partition coefficient (Wildman–Crippen LogP) is 4.28. The van der Waals surface area contributed by atoms with E-state index in [-0.39, 0.29) is 18.5 Å². The first-order valence-electron chi connectivity index (χ1n) is 6.59. The van der Waals surface area contributed by atoms with Crippen LogP contribution in [0.2, 0.25) is 10.0 Å². The van der Waals surface area contributed by atoms with Crippen molar-refractivity contribution in [2.24, 2.45) is 0 Å². The van der Waals surface area contributed by atoms with E-state index in [1.165, 1.54) is 0 Å². The van der Waals surface area contributed by atoms with Gasteiger partial charge in [0, 0.05) is 15.7 Å². The lowest BCUT2D eigenvalue weighted by atomic mass is 10.1. The molecule has 0 fully saturated rings. The van der Waals surface area contributed by atoms with Crippen molar-refractivity contribution in [1.82, 2.24) is 5.32 Å². The van der Waals surface area contributed by atoms with Gasteiger partial charge in [-0.15, -0.1) is 0 Å². The monoisotopic (exact) mass is 322 g/mol. The van der Waals surface area contributed by atoms with Crippen LogP contribution in [0.5, 0.6) is 0 Å². The highest BCUT2D eigenvalue weighted by Gasteiger charge is 2.12. The highest BCUT2D eigenvalue weighted by Crippen LogP contribution is 2.25. The van der Waals surface area contributed by atoms with Crippen LogP contribution in [-0.2, 0) is 4.79 Å². The minimum atomic E-state index is -0.181. The van der Waals surface area contributed by atoms with Crippen LogP contribution < -0.4 is 10.6 Å². The van der Waals surface area contributed by atoms with Crippen molar-refractivity contribution >= 4 is 34.8 Å². The number of anilines is 1. The fourth-order valence-electron chi connectivity index (χ4n) is 1.96. The standard InChI is InChI=1S/C16H16Cl2N2O/c1-11(14-8-7-12(17)9-15(14)18)20-16(21)10-19-13-5-3-2-4-6-13/h2-9,11,19H,10H2,1H3,(H,20,21). The van der Waals surface area contributed by atoms with Gasteiger partial charge in [-0.2, -0.15) is 0 Å². The molecule has 0 bridgehead atoms. The van der Waals surface area contributed by atoms with Gasteiger partial charge in [-0.05, 0) is 36.8 Å². The van der Waals surface area contributed by atoms with Crippen LogP contribution in [0, 0.1) is 0 Å². The van der Waals surface area contributed by atoms with Crippen LogP contribution in [0.1, 0.15) is 18.5 Å². The van der Waals surface area contributed by atoms with E-state index >= 15 is 0 Å². The number of hydrogen-bond acceptors (Lipinski definition) is 2. The van der Waals surface area contributed by atoms with E-state index in [9.17, 15) is 4.79 Å². The minimum absolute atomic E-state index is 0.0997. The first-order valence-corrected chi connectivity index (χ1v) is 7.35. The molecule has 0 aliphatic carbocycles. The Morgan fingerprint density at radius 3 is 2.52 bits per heavy atom. The van der Waals surface area contributed by atoms with Crippen molar-refractivity contribution in [2.75, 3.05) is 11.9 Å². The molecule has 1 amide bonds. The van der Waals surface area contributed by atoms with E-state index in [2.05, 4.69) is 10.6 Å². The fourth-order valence-corrected chi connectivity index (χ4v) is 2.53. The Kier molecular flexibility index (Phi) is 5.48. The van der Waals surface area contributed by atoms with Crippen LogP contribution in [0.15, 0.2) is 48.5 Å². The maximum absolute atomic E-state index is 11.9. The summed E-state index contributed by atoms with van der Waals surface area (Å²) in [6.07, 6.45) is 0. The molecule has 0 aromatic heterocycles. The number of halogens is 2. The normalized spacial score (nSPS) is 11.8. The summed E-state index contributed by atoms with van der Waals surface area (Å²) < 4.78 is 0. The second-order valence-corrected chi connectivity index (χ2v) is 5.52. The number of amides is 1. The molecule has 0 radical (unpaired) electrons. The molecule has 1 unspecified atom stereocenters. The van der Waals surface area contributed by atoms with Gasteiger partial charge in [-0.3, -0.25) is 4.79 Å². The Labute approximate surface area is 134 Å². The minimum Gasteiger partial charge on any atom is -0.376 e. The number of nitrogens with one attached hydrogen (secondary N) is 2.